The molecular weight excluding hydrogens is 288 g/mol. The molecule has 0 aromatic heterocycles. The van der Waals surface area contributed by atoms with Crippen LogP contribution in [0.1, 0.15) is 11.1 Å². The van der Waals surface area contributed by atoms with Crippen LogP contribution in [0.25, 0.3) is 6.08 Å². The van der Waals surface area contributed by atoms with Gasteiger partial charge < -0.3 is 4.74 Å². The summed E-state index contributed by atoms with van der Waals surface area (Å²) < 4.78 is 31.6. The van der Waals surface area contributed by atoms with Gasteiger partial charge in [0.2, 0.25) is 10.0 Å². The molecule has 0 bridgehead atoms. The molecule has 6 heteroatoms. The van der Waals surface area contributed by atoms with Crippen LogP contribution < -0.4 is 4.72 Å². The molecule has 0 amide bonds. The quantitative estimate of drug-likeness (QED) is 0.858. The highest BCUT2D eigenvalue weighted by Gasteiger charge is 2.11. The average Bonchev–Trinajstić information content (AvgIpc) is 2.48. The number of morpholine rings is 1. The van der Waals surface area contributed by atoms with Gasteiger partial charge in [-0.3, -0.25) is 4.90 Å². The van der Waals surface area contributed by atoms with Crippen molar-refractivity contribution in [2.45, 2.75) is 6.92 Å². The molecule has 1 aromatic carbocycles. The number of aryl methyl sites for hydroxylation is 1. The molecule has 5 nitrogen and oxygen atoms in total. The predicted molar refractivity (Wildman–Crippen MR) is 84.4 cm³/mol. The van der Waals surface area contributed by atoms with Gasteiger partial charge in [0, 0.05) is 31.6 Å². The van der Waals surface area contributed by atoms with Gasteiger partial charge in [-0.05, 0) is 18.6 Å². The van der Waals surface area contributed by atoms with Gasteiger partial charge in [-0.1, -0.05) is 29.8 Å². The fraction of sp³-hybridized carbons (Fsp3) is 0.467. The number of hydrogen-bond donors (Lipinski definition) is 1. The van der Waals surface area contributed by atoms with Crippen molar-refractivity contribution in [1.82, 2.24) is 9.62 Å². The molecule has 0 saturated carbocycles. The first kappa shape index (κ1) is 16.2. The van der Waals surface area contributed by atoms with E-state index in [1.807, 2.05) is 31.2 Å². The third-order valence-corrected chi connectivity index (χ3v) is 4.45. The van der Waals surface area contributed by atoms with Crippen LogP contribution in [0, 0.1) is 6.92 Å². The van der Waals surface area contributed by atoms with Crippen LogP contribution in [0.4, 0.5) is 0 Å². The van der Waals surface area contributed by atoms with Crippen LogP contribution in [-0.2, 0) is 14.8 Å². The minimum Gasteiger partial charge on any atom is -0.379 e. The van der Waals surface area contributed by atoms with Crippen molar-refractivity contribution in [2.24, 2.45) is 0 Å². The molecule has 1 saturated heterocycles. The summed E-state index contributed by atoms with van der Waals surface area (Å²) in [6.07, 6.45) is 1.61. The molecule has 21 heavy (non-hydrogen) atoms. The van der Waals surface area contributed by atoms with Gasteiger partial charge in [-0.25, -0.2) is 13.1 Å². The molecule has 2 rings (SSSR count). The van der Waals surface area contributed by atoms with E-state index in [2.05, 4.69) is 9.62 Å². The Morgan fingerprint density at radius 2 is 1.90 bits per heavy atom. The maximum atomic E-state index is 11.9. The first-order chi connectivity index (χ1) is 10.1. The second-order valence-corrected chi connectivity index (χ2v) is 6.76. The number of hydrogen-bond acceptors (Lipinski definition) is 4. The van der Waals surface area contributed by atoms with Gasteiger partial charge in [0.05, 0.1) is 13.2 Å². The molecule has 1 heterocycles. The Kier molecular flexibility index (Phi) is 5.93. The summed E-state index contributed by atoms with van der Waals surface area (Å²) in [5.74, 6) is 0. The van der Waals surface area contributed by atoms with Crippen LogP contribution in [-0.4, -0.2) is 52.7 Å². The van der Waals surface area contributed by atoms with E-state index in [4.69, 9.17) is 4.74 Å². The van der Waals surface area contributed by atoms with Crippen LogP contribution in [0.3, 0.4) is 0 Å². The summed E-state index contributed by atoms with van der Waals surface area (Å²) in [5, 5.41) is 1.22. The van der Waals surface area contributed by atoms with E-state index in [1.54, 1.807) is 6.08 Å². The zero-order valence-corrected chi connectivity index (χ0v) is 13.1. The highest BCUT2D eigenvalue weighted by Crippen LogP contribution is 2.06. The number of ether oxygens (including phenoxy) is 1. The summed E-state index contributed by atoms with van der Waals surface area (Å²) in [6.45, 7) is 6.29. The number of sulfonamides is 1. The van der Waals surface area contributed by atoms with Gasteiger partial charge in [0.25, 0.3) is 0 Å². The molecule has 116 valence electrons. The minimum atomic E-state index is -3.38. The molecule has 0 radical (unpaired) electrons. The van der Waals surface area contributed by atoms with E-state index in [1.165, 1.54) is 5.41 Å². The molecule has 1 fully saturated rings. The lowest BCUT2D eigenvalue weighted by Gasteiger charge is -2.26. The molecule has 0 aliphatic carbocycles. The van der Waals surface area contributed by atoms with Crippen molar-refractivity contribution < 1.29 is 13.2 Å². The predicted octanol–water partition coefficient (Wildman–Crippen LogP) is 1.22. The van der Waals surface area contributed by atoms with Gasteiger partial charge in [-0.15, -0.1) is 0 Å². The zero-order chi connectivity index (χ0) is 15.1. The Hall–Kier alpha value is -1.21. The summed E-state index contributed by atoms with van der Waals surface area (Å²) >= 11 is 0. The van der Waals surface area contributed by atoms with E-state index in [-0.39, 0.29) is 0 Å². The molecular formula is C15H22N2O3S. The Bertz CT molecular complexity index is 561. The maximum absolute atomic E-state index is 11.9. The number of rotatable bonds is 6. The van der Waals surface area contributed by atoms with Gasteiger partial charge >= 0.3 is 0 Å². The van der Waals surface area contributed by atoms with Crippen LogP contribution in [0.5, 0.6) is 0 Å². The Morgan fingerprint density at radius 1 is 1.24 bits per heavy atom. The third kappa shape index (κ3) is 5.97. The van der Waals surface area contributed by atoms with Crippen molar-refractivity contribution in [1.29, 1.82) is 0 Å². The summed E-state index contributed by atoms with van der Waals surface area (Å²) in [5.41, 5.74) is 2.03. The molecule has 0 atom stereocenters. The van der Waals surface area contributed by atoms with E-state index in [0.717, 1.165) is 37.4 Å². The van der Waals surface area contributed by atoms with E-state index >= 15 is 0 Å². The van der Waals surface area contributed by atoms with Gasteiger partial charge in [0.15, 0.2) is 0 Å². The highest BCUT2D eigenvalue weighted by molar-refractivity contribution is 7.92. The summed E-state index contributed by atoms with van der Waals surface area (Å²) in [7, 11) is -3.38. The van der Waals surface area contributed by atoms with E-state index in [9.17, 15) is 8.42 Å². The second-order valence-electron chi connectivity index (χ2n) is 5.11. The largest absolute Gasteiger partial charge is 0.379 e. The fourth-order valence-electron chi connectivity index (χ4n) is 2.06. The smallest absolute Gasteiger partial charge is 0.233 e. The lowest BCUT2D eigenvalue weighted by atomic mass is 10.2. The highest BCUT2D eigenvalue weighted by atomic mass is 32.2. The maximum Gasteiger partial charge on any atom is 0.233 e. The molecule has 1 N–H and O–H groups in total. The minimum absolute atomic E-state index is 0.417. The third-order valence-electron chi connectivity index (χ3n) is 3.35. The zero-order valence-electron chi connectivity index (χ0n) is 12.3. The molecule has 1 aromatic rings. The van der Waals surface area contributed by atoms with Crippen molar-refractivity contribution in [2.75, 3.05) is 39.4 Å². The van der Waals surface area contributed by atoms with Crippen molar-refractivity contribution in [3.63, 3.8) is 0 Å². The lowest BCUT2D eigenvalue weighted by Crippen LogP contribution is -2.41. The summed E-state index contributed by atoms with van der Waals surface area (Å²) in [4.78, 5) is 2.19. The molecule has 0 unspecified atom stereocenters. The number of benzene rings is 1. The first-order valence-corrected chi connectivity index (χ1v) is 8.64. The van der Waals surface area contributed by atoms with Crippen molar-refractivity contribution >= 4 is 16.1 Å². The molecule has 0 spiro atoms. The standard InChI is InChI=1S/C15H22N2O3S/c1-14-2-4-15(5-3-14)6-13-21(18,19)16-7-8-17-9-11-20-12-10-17/h2-6,13,16H,7-12H2,1H3. The first-order valence-electron chi connectivity index (χ1n) is 7.10. The van der Waals surface area contributed by atoms with Gasteiger partial charge in [0.1, 0.15) is 0 Å². The van der Waals surface area contributed by atoms with Crippen LogP contribution >= 0.6 is 0 Å². The Labute approximate surface area is 126 Å². The van der Waals surface area contributed by atoms with E-state index < -0.39 is 10.0 Å². The van der Waals surface area contributed by atoms with Crippen LogP contribution in [0.15, 0.2) is 29.7 Å². The van der Waals surface area contributed by atoms with E-state index in [0.29, 0.717) is 13.1 Å². The molecule has 1 aliphatic rings. The Balaban J connectivity index is 1.79. The fourth-order valence-corrected chi connectivity index (χ4v) is 2.87. The topological polar surface area (TPSA) is 58.6 Å². The van der Waals surface area contributed by atoms with Crippen molar-refractivity contribution in [3.8, 4) is 0 Å². The van der Waals surface area contributed by atoms with Crippen molar-refractivity contribution in [3.05, 3.63) is 40.8 Å². The normalized spacial score (nSPS) is 17.4. The number of nitrogens with one attached hydrogen (secondary N) is 1. The average molecular weight is 310 g/mol. The second kappa shape index (κ2) is 7.70. The lowest BCUT2D eigenvalue weighted by molar-refractivity contribution is 0.0390. The monoisotopic (exact) mass is 310 g/mol. The number of nitrogens with zero attached hydrogens (tertiary/aromatic N) is 1. The SMILES string of the molecule is Cc1ccc(C=CS(=O)(=O)NCCN2CCOCC2)cc1. The van der Waals surface area contributed by atoms with Gasteiger partial charge in [-0.2, -0.15) is 0 Å². The Morgan fingerprint density at radius 3 is 2.57 bits per heavy atom. The summed E-state index contributed by atoms with van der Waals surface area (Å²) in [6, 6.07) is 7.71. The van der Waals surface area contributed by atoms with Crippen LogP contribution in [0.2, 0.25) is 0 Å². The molecule has 1 aliphatic heterocycles.